The van der Waals surface area contributed by atoms with Gasteiger partial charge in [-0.2, -0.15) is 11.8 Å². The molecule has 2 aromatic carbocycles. The summed E-state index contributed by atoms with van der Waals surface area (Å²) in [6.07, 6.45) is 1.72. The number of hydrogen-bond donors (Lipinski definition) is 10. The molecule has 0 saturated heterocycles. The van der Waals surface area contributed by atoms with E-state index in [1.165, 1.54) is 18.2 Å². The molecule has 0 spiro atoms. The Kier molecular flexibility index (Phi) is 27.9. The molecule has 2 aromatic rings. The number of carboxylic acid groups (broad SMARTS) is 1. The molecule has 4 atom stereocenters. The monoisotopic (exact) mass is 845 g/mol. The van der Waals surface area contributed by atoms with Crippen LogP contribution in [-0.4, -0.2) is 121 Å². The van der Waals surface area contributed by atoms with Crippen LogP contribution in [0.1, 0.15) is 51.2 Å². The second-order valence-corrected chi connectivity index (χ2v) is 13.9. The fourth-order valence-corrected chi connectivity index (χ4v) is 4.27. The van der Waals surface area contributed by atoms with Crippen LogP contribution in [0.5, 0.6) is 0 Å². The van der Waals surface area contributed by atoms with Crippen LogP contribution in [-0.2, 0) is 49.6 Å². The van der Waals surface area contributed by atoms with Crippen molar-refractivity contribution in [2.45, 2.75) is 77.5 Å². The summed E-state index contributed by atoms with van der Waals surface area (Å²) in [5.41, 5.74) is 12.7. The topological polar surface area (TPSA) is 310 Å². The van der Waals surface area contributed by atoms with Gasteiger partial charge in [-0.15, -0.1) is 0 Å². The zero-order valence-corrected chi connectivity index (χ0v) is 34.9. The number of aryl methyl sites for hydroxylation is 1. The number of carbonyl (C=O) groups excluding carboxylic acids is 8. The third kappa shape index (κ3) is 26.5. The first-order valence-electron chi connectivity index (χ1n) is 18.7. The summed E-state index contributed by atoms with van der Waals surface area (Å²) in [5, 5.41) is 25.2. The van der Waals surface area contributed by atoms with Crippen LogP contribution >= 0.6 is 11.8 Å². The Morgan fingerprint density at radius 1 is 0.661 bits per heavy atom. The molecular formula is C39H59N9O10S. The van der Waals surface area contributed by atoms with Crippen LogP contribution in [0, 0.1) is 6.92 Å². The number of aliphatic carboxylic acids is 1. The normalized spacial score (nSPS) is 12.0. The summed E-state index contributed by atoms with van der Waals surface area (Å²) < 4.78 is 0. The number of nitrogens with one attached hydrogen (secondary N) is 7. The van der Waals surface area contributed by atoms with Gasteiger partial charge in [-0.3, -0.25) is 43.2 Å². The van der Waals surface area contributed by atoms with Gasteiger partial charge in [0.15, 0.2) is 0 Å². The molecule has 0 radical (unpaired) electrons. The van der Waals surface area contributed by atoms with Crippen molar-refractivity contribution in [1.82, 2.24) is 37.2 Å². The molecule has 8 amide bonds. The largest absolute Gasteiger partial charge is 0.481 e. The minimum absolute atomic E-state index is 0.0414. The van der Waals surface area contributed by atoms with Gasteiger partial charge in [-0.05, 0) is 44.3 Å². The fourth-order valence-electron chi connectivity index (χ4n) is 4.27. The highest BCUT2D eigenvalue weighted by Gasteiger charge is 2.25. The number of nitrogens with two attached hydrogens (primary N) is 2. The van der Waals surface area contributed by atoms with Crippen molar-refractivity contribution in [3.05, 3.63) is 71.8 Å². The lowest BCUT2D eigenvalue weighted by Gasteiger charge is -2.20. The summed E-state index contributed by atoms with van der Waals surface area (Å²) in [6.45, 7) is 4.97. The SMILES string of the molecule is CCC(N)C(=O)NC(CCC(=O)O)C(=O)NCC(=O)NCC(=O)NCC(=O)NC(Cc1ccccc1)C(=O)NCC(=O)NC(C)C(N)=O.CCSC.Cc1ccccc1. The van der Waals surface area contributed by atoms with E-state index in [0.29, 0.717) is 5.56 Å². The van der Waals surface area contributed by atoms with Crippen LogP contribution in [0.25, 0.3) is 0 Å². The van der Waals surface area contributed by atoms with Gasteiger partial charge < -0.3 is 53.8 Å². The number of primary amides is 1. The van der Waals surface area contributed by atoms with E-state index in [4.69, 9.17) is 16.6 Å². The van der Waals surface area contributed by atoms with Crippen molar-refractivity contribution < 1.29 is 48.3 Å². The van der Waals surface area contributed by atoms with E-state index in [1.54, 1.807) is 37.3 Å². The second-order valence-electron chi connectivity index (χ2n) is 12.7. The van der Waals surface area contributed by atoms with E-state index >= 15 is 0 Å². The van der Waals surface area contributed by atoms with Crippen molar-refractivity contribution >= 4 is 65.0 Å². The van der Waals surface area contributed by atoms with E-state index in [1.807, 2.05) is 30.0 Å². The van der Waals surface area contributed by atoms with Crippen molar-refractivity contribution in [2.24, 2.45) is 11.5 Å². The highest BCUT2D eigenvalue weighted by molar-refractivity contribution is 7.98. The molecule has 0 aliphatic rings. The summed E-state index contributed by atoms with van der Waals surface area (Å²) >= 11 is 1.86. The van der Waals surface area contributed by atoms with Crippen molar-refractivity contribution in [1.29, 1.82) is 0 Å². The molecule has 20 heteroatoms. The van der Waals surface area contributed by atoms with E-state index in [0.717, 1.165) is 0 Å². The van der Waals surface area contributed by atoms with Gasteiger partial charge in [-0.1, -0.05) is 80.1 Å². The molecule has 59 heavy (non-hydrogen) atoms. The zero-order valence-electron chi connectivity index (χ0n) is 34.1. The number of amides is 8. The average Bonchev–Trinajstić information content (AvgIpc) is 3.21. The number of carbonyl (C=O) groups is 9. The zero-order chi connectivity index (χ0) is 44.8. The Labute approximate surface area is 348 Å². The third-order valence-corrected chi connectivity index (χ3v) is 8.34. The maximum absolute atomic E-state index is 12.8. The molecule has 0 saturated carbocycles. The summed E-state index contributed by atoms with van der Waals surface area (Å²) in [6, 6.07) is 14.6. The first-order valence-corrected chi connectivity index (χ1v) is 20.1. The van der Waals surface area contributed by atoms with Crippen molar-refractivity contribution in [3.63, 3.8) is 0 Å². The lowest BCUT2D eigenvalue weighted by molar-refractivity contribution is -0.138. The van der Waals surface area contributed by atoms with Crippen LogP contribution in [0.2, 0.25) is 0 Å². The Morgan fingerprint density at radius 2 is 1.12 bits per heavy atom. The summed E-state index contributed by atoms with van der Waals surface area (Å²) in [7, 11) is 0. The molecule has 0 aromatic heterocycles. The predicted molar refractivity (Wildman–Crippen MR) is 223 cm³/mol. The highest BCUT2D eigenvalue weighted by atomic mass is 32.2. The van der Waals surface area contributed by atoms with Crippen LogP contribution in [0.15, 0.2) is 60.7 Å². The first kappa shape index (κ1) is 53.0. The van der Waals surface area contributed by atoms with Gasteiger partial charge in [0.1, 0.15) is 18.1 Å². The van der Waals surface area contributed by atoms with E-state index in [2.05, 4.69) is 69.5 Å². The van der Waals surface area contributed by atoms with E-state index < -0.39 is 110 Å². The van der Waals surface area contributed by atoms with Crippen molar-refractivity contribution in [2.75, 3.05) is 38.2 Å². The molecule has 0 aliphatic carbocycles. The Hall–Kier alpha value is -6.02. The molecule has 12 N–H and O–H groups in total. The van der Waals surface area contributed by atoms with Crippen LogP contribution in [0.3, 0.4) is 0 Å². The Balaban J connectivity index is 0.00000264. The van der Waals surface area contributed by atoms with Crippen LogP contribution in [0.4, 0.5) is 0 Å². The molecule has 0 aliphatic heterocycles. The number of hydrogen-bond acceptors (Lipinski definition) is 11. The molecule has 0 heterocycles. The number of rotatable bonds is 22. The maximum atomic E-state index is 12.8. The molecule has 2 rings (SSSR count). The first-order chi connectivity index (χ1) is 27.9. The standard InChI is InChI=1S/C29H43N9O10.C7H8.C3H8S/c1-3-18(30)27(46)38-19(9-10-25(43)44)28(47)34-13-22(40)32-12-21(39)33-14-24(42)37-20(11-17-7-5-4-6-8-17)29(48)35-15-23(41)36-16(2)26(31)45;1-7-5-3-2-4-6-7;1-3-4-2/h4-8,16,18-20H,3,9-15,30H2,1-2H3,(H2,31,45)(H,32,40)(H,33,39)(H,34,47)(H,35,48)(H,36,41)(H,37,42)(H,38,46)(H,43,44);2-6H,1H3;3H2,1-2H3. The quantitative estimate of drug-likeness (QED) is 0.0656. The van der Waals surface area contributed by atoms with Crippen LogP contribution < -0.4 is 48.7 Å². The van der Waals surface area contributed by atoms with Gasteiger partial charge in [0.05, 0.1) is 32.2 Å². The minimum Gasteiger partial charge on any atom is -0.481 e. The molecular weight excluding hydrogens is 787 g/mol. The van der Waals surface area contributed by atoms with Gasteiger partial charge in [0.25, 0.3) is 0 Å². The Morgan fingerprint density at radius 3 is 1.58 bits per heavy atom. The van der Waals surface area contributed by atoms with Gasteiger partial charge in [-0.25, -0.2) is 0 Å². The van der Waals surface area contributed by atoms with Gasteiger partial charge in [0, 0.05) is 12.8 Å². The predicted octanol–water partition coefficient (Wildman–Crippen LogP) is -1.38. The maximum Gasteiger partial charge on any atom is 0.303 e. The second kappa shape index (κ2) is 31.0. The molecule has 0 bridgehead atoms. The Bertz CT molecular complexity index is 1650. The number of thioether (sulfide) groups is 1. The molecule has 326 valence electrons. The van der Waals surface area contributed by atoms with Gasteiger partial charge >= 0.3 is 5.97 Å². The lowest BCUT2D eigenvalue weighted by atomic mass is 10.1. The van der Waals surface area contributed by atoms with Gasteiger partial charge in [0.2, 0.25) is 47.3 Å². The molecule has 19 nitrogen and oxygen atoms in total. The summed E-state index contributed by atoms with van der Waals surface area (Å²) in [4.78, 5) is 108. The smallest absolute Gasteiger partial charge is 0.303 e. The number of benzene rings is 2. The molecule has 0 fully saturated rings. The minimum atomic E-state index is -1.27. The summed E-state index contributed by atoms with van der Waals surface area (Å²) in [5.74, 6) is -5.98. The molecule has 4 unspecified atom stereocenters. The third-order valence-electron chi connectivity index (χ3n) is 7.76. The lowest BCUT2D eigenvalue weighted by Crippen LogP contribution is -2.53. The van der Waals surface area contributed by atoms with Crippen molar-refractivity contribution in [3.8, 4) is 0 Å². The fraction of sp³-hybridized carbons (Fsp3) is 0.462. The average molecular weight is 846 g/mol. The number of carboxylic acids is 1. The van der Waals surface area contributed by atoms with E-state index in [9.17, 15) is 43.2 Å². The highest BCUT2D eigenvalue weighted by Crippen LogP contribution is 2.04. The van der Waals surface area contributed by atoms with E-state index in [-0.39, 0.29) is 19.3 Å².